The fourth-order valence-corrected chi connectivity index (χ4v) is 3.30. The van der Waals surface area contributed by atoms with Crippen molar-refractivity contribution < 1.29 is 9.47 Å². The Balaban J connectivity index is 1.78. The van der Waals surface area contributed by atoms with Crippen molar-refractivity contribution in [3.63, 3.8) is 0 Å². The Morgan fingerprint density at radius 3 is 2.59 bits per heavy atom. The summed E-state index contributed by atoms with van der Waals surface area (Å²) < 4.78 is 15.9. The van der Waals surface area contributed by atoms with E-state index in [1.165, 1.54) is 22.7 Å². The first-order valence-electron chi connectivity index (χ1n) is 9.03. The molecule has 3 aromatic rings. The maximum atomic E-state index is 5.99. The van der Waals surface area contributed by atoms with Gasteiger partial charge in [-0.2, -0.15) is 9.36 Å². The molecule has 0 saturated heterocycles. The number of aromatic nitrogens is 2. The van der Waals surface area contributed by atoms with E-state index in [0.29, 0.717) is 22.5 Å². The molecule has 5 nitrogen and oxygen atoms in total. The van der Waals surface area contributed by atoms with Crippen molar-refractivity contribution in [2.24, 2.45) is 0 Å². The molecule has 0 aliphatic carbocycles. The van der Waals surface area contributed by atoms with Crippen LogP contribution < -0.4 is 9.47 Å². The summed E-state index contributed by atoms with van der Waals surface area (Å²) in [6.45, 7) is 6.31. The molecule has 0 fully saturated rings. The van der Waals surface area contributed by atoms with Gasteiger partial charge in [-0.1, -0.05) is 37.3 Å². The van der Waals surface area contributed by atoms with Crippen LogP contribution in [-0.2, 0) is 6.42 Å². The van der Waals surface area contributed by atoms with E-state index in [4.69, 9.17) is 9.47 Å². The summed E-state index contributed by atoms with van der Waals surface area (Å²) in [7, 11) is 3.79. The Hall–Kier alpha value is -2.44. The van der Waals surface area contributed by atoms with Crippen LogP contribution in [0.15, 0.2) is 42.5 Å². The minimum Gasteiger partial charge on any atom is -0.493 e. The Labute approximate surface area is 164 Å². The average molecular weight is 384 g/mol. The molecular weight excluding hydrogens is 358 g/mol. The first-order valence-corrected chi connectivity index (χ1v) is 9.81. The van der Waals surface area contributed by atoms with Gasteiger partial charge in [-0.25, -0.2) is 0 Å². The molecule has 2 aromatic carbocycles. The number of rotatable bonds is 8. The molecule has 27 heavy (non-hydrogen) atoms. The zero-order valence-corrected chi connectivity index (χ0v) is 17.0. The highest BCUT2D eigenvalue weighted by Crippen LogP contribution is 2.35. The summed E-state index contributed by atoms with van der Waals surface area (Å²) in [5.41, 5.74) is 3.42. The molecule has 0 atom stereocenters. The van der Waals surface area contributed by atoms with Crippen molar-refractivity contribution in [3.8, 4) is 28.1 Å². The van der Waals surface area contributed by atoms with Crippen molar-refractivity contribution >= 4 is 11.5 Å². The molecule has 0 bridgehead atoms. The molecule has 1 aromatic heterocycles. The smallest absolute Gasteiger partial charge is 0.299 e. The topological polar surface area (TPSA) is 47.5 Å². The van der Waals surface area contributed by atoms with E-state index >= 15 is 0 Å². The zero-order valence-electron chi connectivity index (χ0n) is 16.2. The summed E-state index contributed by atoms with van der Waals surface area (Å²) >= 11 is 1.24. The van der Waals surface area contributed by atoms with Gasteiger partial charge in [0.05, 0.1) is 7.11 Å². The SMILES string of the molecule is CCN(C)CCc1cc(OC)c(Oc2nc(-c3ccccc3)ns2)cc1C. The van der Waals surface area contributed by atoms with Crippen LogP contribution in [0.25, 0.3) is 11.4 Å². The average Bonchev–Trinajstić information content (AvgIpc) is 3.16. The minimum atomic E-state index is 0.505. The summed E-state index contributed by atoms with van der Waals surface area (Å²) in [5.74, 6) is 2.05. The fourth-order valence-electron chi connectivity index (χ4n) is 2.73. The molecule has 6 heteroatoms. The third kappa shape index (κ3) is 4.84. The van der Waals surface area contributed by atoms with E-state index < -0.39 is 0 Å². The number of likely N-dealkylation sites (N-methyl/N-ethyl adjacent to an activating group) is 1. The number of methoxy groups -OCH3 is 1. The van der Waals surface area contributed by atoms with Crippen molar-refractivity contribution in [1.82, 2.24) is 14.3 Å². The summed E-state index contributed by atoms with van der Waals surface area (Å²) in [4.78, 5) is 6.79. The van der Waals surface area contributed by atoms with Crippen molar-refractivity contribution in [2.75, 3.05) is 27.2 Å². The van der Waals surface area contributed by atoms with Crippen LogP contribution in [0.3, 0.4) is 0 Å². The van der Waals surface area contributed by atoms with Gasteiger partial charge < -0.3 is 14.4 Å². The zero-order chi connectivity index (χ0) is 19.2. The maximum Gasteiger partial charge on any atom is 0.299 e. The largest absolute Gasteiger partial charge is 0.493 e. The number of ether oxygens (including phenoxy) is 2. The van der Waals surface area contributed by atoms with Crippen LogP contribution in [0, 0.1) is 6.92 Å². The van der Waals surface area contributed by atoms with Crippen molar-refractivity contribution in [1.29, 1.82) is 0 Å². The highest BCUT2D eigenvalue weighted by atomic mass is 32.1. The molecule has 1 heterocycles. The first kappa shape index (κ1) is 19.3. The Kier molecular flexibility index (Phi) is 6.42. The van der Waals surface area contributed by atoms with E-state index in [2.05, 4.69) is 41.2 Å². The predicted octanol–water partition coefficient (Wildman–Crippen LogP) is 4.81. The van der Waals surface area contributed by atoms with Gasteiger partial charge >= 0.3 is 0 Å². The van der Waals surface area contributed by atoms with Crippen LogP contribution in [0.2, 0.25) is 0 Å². The van der Waals surface area contributed by atoms with E-state index in [1.54, 1.807) is 7.11 Å². The second-order valence-corrected chi connectivity index (χ2v) is 7.14. The second kappa shape index (κ2) is 8.97. The molecule has 0 aliphatic heterocycles. The van der Waals surface area contributed by atoms with Crippen LogP contribution in [0.1, 0.15) is 18.1 Å². The van der Waals surface area contributed by atoms with Gasteiger partial charge in [0.25, 0.3) is 5.19 Å². The lowest BCUT2D eigenvalue weighted by molar-refractivity contribution is 0.355. The lowest BCUT2D eigenvalue weighted by atomic mass is 10.0. The third-order valence-corrected chi connectivity index (χ3v) is 5.16. The quantitative estimate of drug-likeness (QED) is 0.559. The van der Waals surface area contributed by atoms with Gasteiger partial charge in [-0.15, -0.1) is 0 Å². The third-order valence-electron chi connectivity index (χ3n) is 4.56. The summed E-state index contributed by atoms with van der Waals surface area (Å²) in [5, 5.41) is 0.505. The fraction of sp³-hybridized carbons (Fsp3) is 0.333. The van der Waals surface area contributed by atoms with Gasteiger partial charge in [-0.05, 0) is 50.2 Å². The Bertz CT molecular complexity index is 880. The summed E-state index contributed by atoms with van der Waals surface area (Å²) in [6.07, 6.45) is 0.976. The second-order valence-electron chi connectivity index (χ2n) is 6.43. The Morgan fingerprint density at radius 1 is 1.11 bits per heavy atom. The normalized spacial score (nSPS) is 11.0. The molecule has 0 N–H and O–H groups in total. The molecular formula is C21H25N3O2S. The van der Waals surface area contributed by atoms with Gasteiger partial charge in [0, 0.05) is 23.6 Å². The molecule has 0 radical (unpaired) electrons. The van der Waals surface area contributed by atoms with Crippen LogP contribution in [0.5, 0.6) is 16.7 Å². The van der Waals surface area contributed by atoms with E-state index in [1.807, 2.05) is 36.4 Å². The number of hydrogen-bond acceptors (Lipinski definition) is 6. The van der Waals surface area contributed by atoms with E-state index in [-0.39, 0.29) is 0 Å². The summed E-state index contributed by atoms with van der Waals surface area (Å²) in [6, 6.07) is 14.0. The molecule has 0 spiro atoms. The first-order chi connectivity index (χ1) is 13.1. The number of aryl methyl sites for hydroxylation is 1. The molecule has 142 valence electrons. The molecule has 0 saturated carbocycles. The van der Waals surface area contributed by atoms with Crippen molar-refractivity contribution in [2.45, 2.75) is 20.3 Å². The molecule has 0 amide bonds. The monoisotopic (exact) mass is 383 g/mol. The van der Waals surface area contributed by atoms with Gasteiger partial charge in [0.15, 0.2) is 17.3 Å². The van der Waals surface area contributed by atoms with E-state index in [9.17, 15) is 0 Å². The lowest BCUT2D eigenvalue weighted by Crippen LogP contribution is -2.20. The highest BCUT2D eigenvalue weighted by Gasteiger charge is 2.14. The number of nitrogens with zero attached hydrogens (tertiary/aromatic N) is 3. The highest BCUT2D eigenvalue weighted by molar-refractivity contribution is 7.07. The van der Waals surface area contributed by atoms with Crippen LogP contribution in [0.4, 0.5) is 0 Å². The minimum absolute atomic E-state index is 0.505. The predicted molar refractivity (Wildman–Crippen MR) is 110 cm³/mol. The van der Waals surface area contributed by atoms with E-state index in [0.717, 1.165) is 25.1 Å². The molecule has 0 aliphatic rings. The number of benzene rings is 2. The van der Waals surface area contributed by atoms with Gasteiger partial charge in [0.2, 0.25) is 0 Å². The Morgan fingerprint density at radius 2 is 1.89 bits per heavy atom. The molecule has 0 unspecified atom stereocenters. The van der Waals surface area contributed by atoms with Crippen LogP contribution in [-0.4, -0.2) is 41.5 Å². The van der Waals surface area contributed by atoms with Gasteiger partial charge in [0.1, 0.15) is 0 Å². The van der Waals surface area contributed by atoms with Crippen LogP contribution >= 0.6 is 11.5 Å². The number of hydrogen-bond donors (Lipinski definition) is 0. The van der Waals surface area contributed by atoms with Gasteiger partial charge in [-0.3, -0.25) is 0 Å². The maximum absolute atomic E-state index is 5.99. The van der Waals surface area contributed by atoms with Crippen molar-refractivity contribution in [3.05, 3.63) is 53.6 Å². The lowest BCUT2D eigenvalue weighted by Gasteiger charge is -2.16. The standard InChI is InChI=1S/C21H25N3O2S/c1-5-24(3)12-11-17-14-18(25-4)19(13-15(17)2)26-21-22-20(23-27-21)16-9-7-6-8-10-16/h6-10,13-14H,5,11-12H2,1-4H3. The molecule has 3 rings (SSSR count).